The van der Waals surface area contributed by atoms with Crippen molar-refractivity contribution in [1.29, 1.82) is 0 Å². The first-order valence-electron chi connectivity index (χ1n) is 7.94. The number of rotatable bonds is 5. The minimum Gasteiger partial charge on any atom is -0.481 e. The highest BCUT2D eigenvalue weighted by Crippen LogP contribution is 2.40. The van der Waals surface area contributed by atoms with Crippen LogP contribution in [-0.4, -0.2) is 36.1 Å². The van der Waals surface area contributed by atoms with Crippen molar-refractivity contribution in [2.45, 2.75) is 58.3 Å². The lowest BCUT2D eigenvalue weighted by molar-refractivity contribution is -0.153. The molecular formula is C16H29NO2. The Hall–Kier alpha value is -0.570. The zero-order chi connectivity index (χ0) is 13.9. The summed E-state index contributed by atoms with van der Waals surface area (Å²) in [6, 6.07) is 0. The molecule has 3 heteroatoms. The zero-order valence-electron chi connectivity index (χ0n) is 12.5. The van der Waals surface area contributed by atoms with Crippen molar-refractivity contribution in [1.82, 2.24) is 4.90 Å². The van der Waals surface area contributed by atoms with Crippen LogP contribution >= 0.6 is 0 Å². The van der Waals surface area contributed by atoms with Gasteiger partial charge in [-0.05, 0) is 57.4 Å². The molecule has 19 heavy (non-hydrogen) atoms. The largest absolute Gasteiger partial charge is 0.481 e. The third kappa shape index (κ3) is 3.71. The van der Waals surface area contributed by atoms with Crippen molar-refractivity contribution in [2.24, 2.45) is 17.3 Å². The van der Waals surface area contributed by atoms with Gasteiger partial charge in [0.25, 0.3) is 0 Å². The summed E-state index contributed by atoms with van der Waals surface area (Å²) < 4.78 is 0. The highest BCUT2D eigenvalue weighted by atomic mass is 16.4. The summed E-state index contributed by atoms with van der Waals surface area (Å²) in [5.74, 6) is 0.934. The van der Waals surface area contributed by atoms with Gasteiger partial charge >= 0.3 is 5.97 Å². The third-order valence-electron chi connectivity index (χ3n) is 5.30. The van der Waals surface area contributed by atoms with E-state index in [0.717, 1.165) is 44.7 Å². The fourth-order valence-electron chi connectivity index (χ4n) is 3.97. The minimum absolute atomic E-state index is 0.472. The molecule has 110 valence electrons. The van der Waals surface area contributed by atoms with Crippen molar-refractivity contribution in [3.05, 3.63) is 0 Å². The van der Waals surface area contributed by atoms with Crippen molar-refractivity contribution >= 4 is 5.97 Å². The quantitative estimate of drug-likeness (QED) is 0.830. The van der Waals surface area contributed by atoms with E-state index in [9.17, 15) is 9.90 Å². The Morgan fingerprint density at radius 1 is 1.21 bits per heavy atom. The van der Waals surface area contributed by atoms with E-state index in [1.807, 2.05) is 0 Å². The number of aliphatic carboxylic acids is 1. The van der Waals surface area contributed by atoms with Crippen molar-refractivity contribution in [3.63, 3.8) is 0 Å². The molecule has 2 aliphatic rings. The second-order valence-electron chi connectivity index (χ2n) is 7.12. The Balaban J connectivity index is 1.90. The molecule has 0 heterocycles. The summed E-state index contributed by atoms with van der Waals surface area (Å²) >= 11 is 0. The lowest BCUT2D eigenvalue weighted by atomic mass is 9.70. The lowest BCUT2D eigenvalue weighted by Gasteiger charge is -2.39. The Bertz CT molecular complexity index is 302. The van der Waals surface area contributed by atoms with Crippen LogP contribution in [0, 0.1) is 17.3 Å². The molecular weight excluding hydrogens is 238 g/mol. The molecule has 0 spiro atoms. The van der Waals surface area contributed by atoms with Crippen LogP contribution < -0.4 is 0 Å². The summed E-state index contributed by atoms with van der Waals surface area (Å²) in [4.78, 5) is 14.0. The van der Waals surface area contributed by atoms with E-state index >= 15 is 0 Å². The van der Waals surface area contributed by atoms with Crippen molar-refractivity contribution < 1.29 is 9.90 Å². The highest BCUT2D eigenvalue weighted by Gasteiger charge is 2.42. The predicted molar refractivity (Wildman–Crippen MR) is 77.2 cm³/mol. The average molecular weight is 267 g/mol. The Morgan fingerprint density at radius 2 is 1.79 bits per heavy atom. The van der Waals surface area contributed by atoms with Crippen LogP contribution in [0.4, 0.5) is 0 Å². The van der Waals surface area contributed by atoms with E-state index in [0.29, 0.717) is 5.92 Å². The van der Waals surface area contributed by atoms with Gasteiger partial charge in [0.05, 0.1) is 5.41 Å². The number of carboxylic acids is 1. The molecule has 2 fully saturated rings. The fourth-order valence-corrected chi connectivity index (χ4v) is 3.97. The van der Waals surface area contributed by atoms with E-state index in [2.05, 4.69) is 18.9 Å². The summed E-state index contributed by atoms with van der Waals surface area (Å²) in [6.07, 6.45) is 9.26. The monoisotopic (exact) mass is 267 g/mol. The predicted octanol–water partition coefficient (Wildman–Crippen LogP) is 3.39. The molecule has 3 nitrogen and oxygen atoms in total. The van der Waals surface area contributed by atoms with Gasteiger partial charge in [-0.25, -0.2) is 0 Å². The maximum Gasteiger partial charge on any atom is 0.310 e. The Kier molecular flexibility index (Phi) is 4.88. The molecule has 0 saturated heterocycles. The number of hydrogen-bond acceptors (Lipinski definition) is 2. The molecule has 1 N–H and O–H groups in total. The van der Waals surface area contributed by atoms with Crippen LogP contribution in [-0.2, 0) is 4.79 Å². The first-order chi connectivity index (χ1) is 9.02. The standard InChI is InChI=1S/C16H29NO2/c1-13-7-9-16(10-8-13,15(18)19)12-17(2)11-14-5-3-4-6-14/h13-14H,3-12H2,1-2H3,(H,18,19). The normalized spacial score (nSPS) is 32.9. The van der Waals surface area contributed by atoms with Crippen LogP contribution in [0.1, 0.15) is 58.3 Å². The van der Waals surface area contributed by atoms with E-state index in [1.54, 1.807) is 0 Å². The van der Waals surface area contributed by atoms with Gasteiger partial charge in [-0.2, -0.15) is 0 Å². The molecule has 0 aromatic carbocycles. The summed E-state index contributed by atoms with van der Waals surface area (Å²) in [5, 5.41) is 9.66. The van der Waals surface area contributed by atoms with Crippen molar-refractivity contribution in [2.75, 3.05) is 20.1 Å². The van der Waals surface area contributed by atoms with Gasteiger partial charge in [-0.15, -0.1) is 0 Å². The smallest absolute Gasteiger partial charge is 0.310 e. The number of carboxylic acid groups (broad SMARTS) is 1. The topological polar surface area (TPSA) is 40.5 Å². The van der Waals surface area contributed by atoms with Gasteiger partial charge in [0, 0.05) is 13.1 Å². The van der Waals surface area contributed by atoms with E-state index < -0.39 is 11.4 Å². The minimum atomic E-state index is -0.572. The molecule has 0 unspecified atom stereocenters. The molecule has 0 aromatic heterocycles. The van der Waals surface area contributed by atoms with Crippen molar-refractivity contribution in [3.8, 4) is 0 Å². The van der Waals surface area contributed by atoms with Gasteiger partial charge in [-0.1, -0.05) is 19.8 Å². The Morgan fingerprint density at radius 3 is 2.32 bits per heavy atom. The summed E-state index contributed by atoms with van der Waals surface area (Å²) in [6.45, 7) is 4.07. The lowest BCUT2D eigenvalue weighted by Crippen LogP contribution is -2.45. The SMILES string of the molecule is CC1CCC(CN(C)CC2CCCC2)(C(=O)O)CC1. The van der Waals surface area contributed by atoms with E-state index in [4.69, 9.17) is 0 Å². The van der Waals surface area contributed by atoms with Crippen LogP contribution in [0.2, 0.25) is 0 Å². The van der Waals surface area contributed by atoms with E-state index in [1.165, 1.54) is 25.7 Å². The molecule has 0 atom stereocenters. The first-order valence-corrected chi connectivity index (χ1v) is 7.94. The van der Waals surface area contributed by atoms with Gasteiger partial charge in [0.15, 0.2) is 0 Å². The van der Waals surface area contributed by atoms with Crippen LogP contribution in [0.3, 0.4) is 0 Å². The fraction of sp³-hybridized carbons (Fsp3) is 0.938. The first kappa shape index (κ1) is 14.8. The molecule has 2 saturated carbocycles. The molecule has 2 rings (SSSR count). The maximum atomic E-state index is 11.7. The number of nitrogens with zero attached hydrogens (tertiary/aromatic N) is 1. The summed E-state index contributed by atoms with van der Waals surface area (Å²) in [5.41, 5.74) is -0.472. The van der Waals surface area contributed by atoms with Crippen LogP contribution in [0.25, 0.3) is 0 Å². The average Bonchev–Trinajstić information content (AvgIpc) is 2.84. The summed E-state index contributed by atoms with van der Waals surface area (Å²) in [7, 11) is 2.11. The van der Waals surface area contributed by atoms with Gasteiger partial charge in [-0.3, -0.25) is 4.79 Å². The molecule has 0 aromatic rings. The molecule has 0 bridgehead atoms. The van der Waals surface area contributed by atoms with Crippen LogP contribution in [0.5, 0.6) is 0 Å². The van der Waals surface area contributed by atoms with Gasteiger partial charge in [0.1, 0.15) is 0 Å². The third-order valence-corrected chi connectivity index (χ3v) is 5.30. The molecule has 0 radical (unpaired) electrons. The molecule has 2 aliphatic carbocycles. The maximum absolute atomic E-state index is 11.7. The number of hydrogen-bond donors (Lipinski definition) is 1. The Labute approximate surface area is 117 Å². The second kappa shape index (κ2) is 6.25. The number of carbonyl (C=O) groups is 1. The molecule has 0 amide bonds. The van der Waals surface area contributed by atoms with Gasteiger partial charge in [0.2, 0.25) is 0 Å². The van der Waals surface area contributed by atoms with E-state index in [-0.39, 0.29) is 0 Å². The zero-order valence-corrected chi connectivity index (χ0v) is 12.5. The highest BCUT2D eigenvalue weighted by molar-refractivity contribution is 5.75. The molecule has 0 aliphatic heterocycles. The van der Waals surface area contributed by atoms with Gasteiger partial charge < -0.3 is 10.0 Å². The van der Waals surface area contributed by atoms with Crippen LogP contribution in [0.15, 0.2) is 0 Å². The second-order valence-corrected chi connectivity index (χ2v) is 7.12.